The van der Waals surface area contributed by atoms with E-state index in [4.69, 9.17) is 0 Å². The third-order valence-electron chi connectivity index (χ3n) is 6.75. The van der Waals surface area contributed by atoms with Gasteiger partial charge in [0.25, 0.3) is 5.91 Å². The van der Waals surface area contributed by atoms with Gasteiger partial charge >= 0.3 is 0 Å². The van der Waals surface area contributed by atoms with E-state index < -0.39 is 9.84 Å². The number of carbonyl (C=O) groups excluding carboxylic acids is 2. The summed E-state index contributed by atoms with van der Waals surface area (Å²) in [5, 5.41) is 6.37. The fourth-order valence-corrected chi connectivity index (χ4v) is 7.75. The number of carbonyl (C=O) groups is 2. The molecule has 1 saturated heterocycles. The Labute approximate surface area is 212 Å². The molecule has 188 valence electrons. The van der Waals surface area contributed by atoms with Gasteiger partial charge in [-0.05, 0) is 59.8 Å². The van der Waals surface area contributed by atoms with Crippen LogP contribution in [0.3, 0.4) is 0 Å². The summed E-state index contributed by atoms with van der Waals surface area (Å²) in [5.74, 6) is 0.00450. The summed E-state index contributed by atoms with van der Waals surface area (Å²) in [4.78, 5) is 27.2. The predicted molar refractivity (Wildman–Crippen MR) is 143 cm³/mol. The first-order valence-electron chi connectivity index (χ1n) is 12.2. The maximum atomic E-state index is 13.3. The highest BCUT2D eigenvalue weighted by molar-refractivity contribution is 7.91. The third kappa shape index (κ3) is 6.22. The average molecular weight is 515 g/mol. The maximum absolute atomic E-state index is 13.3. The van der Waals surface area contributed by atoms with Gasteiger partial charge in [0.15, 0.2) is 9.84 Å². The molecule has 1 aliphatic heterocycles. The van der Waals surface area contributed by atoms with Gasteiger partial charge in [0.2, 0.25) is 5.91 Å². The zero-order valence-corrected chi connectivity index (χ0v) is 22.4. The Morgan fingerprint density at radius 1 is 1.11 bits per heavy atom. The Kier molecular flexibility index (Phi) is 7.25. The van der Waals surface area contributed by atoms with Gasteiger partial charge in [-0.2, -0.15) is 0 Å². The molecular formula is C27H34N2O4S2. The van der Waals surface area contributed by atoms with Crippen LogP contribution in [0.25, 0.3) is 6.08 Å². The van der Waals surface area contributed by atoms with Gasteiger partial charge in [0, 0.05) is 17.0 Å². The van der Waals surface area contributed by atoms with E-state index in [2.05, 4.69) is 50.5 Å². The van der Waals surface area contributed by atoms with Gasteiger partial charge in [-0.25, -0.2) is 8.42 Å². The molecule has 1 aliphatic carbocycles. The van der Waals surface area contributed by atoms with Crippen molar-refractivity contribution in [1.82, 2.24) is 5.32 Å². The molecule has 2 N–H and O–H groups in total. The fraction of sp³-hybridized carbons (Fsp3) is 0.481. The molecule has 2 amide bonds. The second-order valence-corrected chi connectivity index (χ2v) is 14.2. The molecule has 1 aromatic heterocycles. The topological polar surface area (TPSA) is 92.3 Å². The predicted octanol–water partition coefficient (Wildman–Crippen LogP) is 4.74. The molecule has 8 heteroatoms. The van der Waals surface area contributed by atoms with Crippen LogP contribution in [0.2, 0.25) is 0 Å². The molecule has 0 saturated carbocycles. The van der Waals surface area contributed by atoms with E-state index in [9.17, 15) is 18.0 Å². The number of nitrogens with one attached hydrogen (secondary N) is 2. The van der Waals surface area contributed by atoms with Crippen LogP contribution in [0.5, 0.6) is 0 Å². The molecule has 35 heavy (non-hydrogen) atoms. The van der Waals surface area contributed by atoms with Crippen molar-refractivity contribution in [1.29, 1.82) is 0 Å². The van der Waals surface area contributed by atoms with E-state index in [1.165, 1.54) is 23.0 Å². The monoisotopic (exact) mass is 514 g/mol. The van der Waals surface area contributed by atoms with E-state index in [-0.39, 0.29) is 34.8 Å². The summed E-state index contributed by atoms with van der Waals surface area (Å²) in [6.07, 6.45) is 6.32. The van der Waals surface area contributed by atoms with Crippen molar-refractivity contribution < 1.29 is 18.0 Å². The standard InChI is InChI=1S/C27H34N2O4S2/c1-17-5-11-21-22(15-17)34-26(24(21)25(31)28-20-13-14-35(32,33)16-20)29-23(30)12-8-18-6-9-19(10-7-18)27(2,3)4/h6-10,12,17,20H,5,11,13-16H2,1-4H3,(H,28,31)(H,29,30)/b12-8+. The maximum Gasteiger partial charge on any atom is 0.254 e. The number of hydrogen-bond donors (Lipinski definition) is 2. The largest absolute Gasteiger partial charge is 0.348 e. The van der Waals surface area contributed by atoms with E-state index in [0.717, 1.165) is 35.3 Å². The SMILES string of the molecule is CC1CCc2c(sc(NC(=O)/C=C/c3ccc(C(C)(C)C)cc3)c2C(=O)NC2CCS(=O)(=O)C2)C1. The van der Waals surface area contributed by atoms with Gasteiger partial charge < -0.3 is 10.6 Å². The summed E-state index contributed by atoms with van der Waals surface area (Å²) in [7, 11) is -3.10. The second kappa shape index (κ2) is 9.90. The van der Waals surface area contributed by atoms with Crippen molar-refractivity contribution in [2.24, 2.45) is 5.92 Å². The molecule has 2 heterocycles. The lowest BCUT2D eigenvalue weighted by molar-refractivity contribution is -0.111. The normalized spacial score (nSPS) is 21.6. The number of amides is 2. The molecular weight excluding hydrogens is 480 g/mol. The van der Waals surface area contributed by atoms with Gasteiger partial charge in [-0.3, -0.25) is 9.59 Å². The quantitative estimate of drug-likeness (QED) is 0.564. The molecule has 4 rings (SSSR count). The van der Waals surface area contributed by atoms with Crippen LogP contribution in [0.15, 0.2) is 30.3 Å². The first-order chi connectivity index (χ1) is 16.4. The summed E-state index contributed by atoms with van der Waals surface area (Å²) < 4.78 is 23.7. The first kappa shape index (κ1) is 25.6. The zero-order chi connectivity index (χ0) is 25.4. The molecule has 6 nitrogen and oxygen atoms in total. The Morgan fingerprint density at radius 2 is 1.83 bits per heavy atom. The Balaban J connectivity index is 1.52. The van der Waals surface area contributed by atoms with E-state index >= 15 is 0 Å². The minimum Gasteiger partial charge on any atom is -0.348 e. The Bertz CT molecular complexity index is 1250. The summed E-state index contributed by atoms with van der Waals surface area (Å²) in [6.45, 7) is 8.67. The number of hydrogen-bond acceptors (Lipinski definition) is 5. The highest BCUT2D eigenvalue weighted by atomic mass is 32.2. The molecule has 2 aromatic rings. The minimum atomic E-state index is -3.10. The number of anilines is 1. The highest BCUT2D eigenvalue weighted by Gasteiger charge is 2.33. The molecule has 0 bridgehead atoms. The van der Waals surface area contributed by atoms with Crippen molar-refractivity contribution in [3.05, 3.63) is 57.5 Å². The number of thiophene rings is 1. The molecule has 2 unspecified atom stereocenters. The van der Waals surface area contributed by atoms with Gasteiger partial charge in [0.05, 0.1) is 17.1 Å². The molecule has 0 spiro atoms. The fourth-order valence-electron chi connectivity index (χ4n) is 4.67. The molecule has 0 radical (unpaired) electrons. The van der Waals surface area contributed by atoms with Gasteiger partial charge in [-0.15, -0.1) is 11.3 Å². The smallest absolute Gasteiger partial charge is 0.254 e. The van der Waals surface area contributed by atoms with Crippen molar-refractivity contribution in [3.8, 4) is 0 Å². The zero-order valence-electron chi connectivity index (χ0n) is 20.8. The number of benzene rings is 1. The number of rotatable bonds is 5. The van der Waals surface area contributed by atoms with Gasteiger partial charge in [-0.1, -0.05) is 52.0 Å². The summed E-state index contributed by atoms with van der Waals surface area (Å²) >= 11 is 1.46. The van der Waals surface area contributed by atoms with Crippen LogP contribution in [0, 0.1) is 5.92 Å². The Morgan fingerprint density at radius 3 is 2.46 bits per heavy atom. The van der Waals surface area contributed by atoms with Crippen LogP contribution in [-0.2, 0) is 32.9 Å². The van der Waals surface area contributed by atoms with Gasteiger partial charge in [0.1, 0.15) is 5.00 Å². The van der Waals surface area contributed by atoms with E-state index in [0.29, 0.717) is 22.9 Å². The van der Waals surface area contributed by atoms with Crippen molar-refractivity contribution in [2.45, 2.75) is 64.8 Å². The van der Waals surface area contributed by atoms with Crippen LogP contribution in [-0.4, -0.2) is 37.8 Å². The Hall–Kier alpha value is -2.45. The van der Waals surface area contributed by atoms with Crippen LogP contribution < -0.4 is 10.6 Å². The van der Waals surface area contributed by atoms with E-state index in [1.54, 1.807) is 6.08 Å². The van der Waals surface area contributed by atoms with Crippen molar-refractivity contribution >= 4 is 44.1 Å². The van der Waals surface area contributed by atoms with Crippen LogP contribution >= 0.6 is 11.3 Å². The van der Waals surface area contributed by atoms with Crippen LogP contribution in [0.1, 0.15) is 72.5 Å². The lowest BCUT2D eigenvalue weighted by Crippen LogP contribution is -2.36. The molecule has 2 aliphatic rings. The second-order valence-electron chi connectivity index (χ2n) is 10.8. The van der Waals surface area contributed by atoms with Crippen molar-refractivity contribution in [3.63, 3.8) is 0 Å². The number of sulfone groups is 1. The van der Waals surface area contributed by atoms with E-state index in [1.807, 2.05) is 12.1 Å². The molecule has 1 aromatic carbocycles. The summed E-state index contributed by atoms with van der Waals surface area (Å²) in [6, 6.07) is 7.73. The molecule has 2 atom stereocenters. The summed E-state index contributed by atoms with van der Waals surface area (Å²) in [5.41, 5.74) is 3.70. The highest BCUT2D eigenvalue weighted by Crippen LogP contribution is 2.40. The van der Waals surface area contributed by atoms with Crippen LogP contribution in [0.4, 0.5) is 5.00 Å². The average Bonchev–Trinajstić information content (AvgIpc) is 3.29. The minimum absolute atomic E-state index is 0.0272. The lowest BCUT2D eigenvalue weighted by Gasteiger charge is -2.19. The lowest BCUT2D eigenvalue weighted by atomic mass is 9.87. The molecule has 1 fully saturated rings. The first-order valence-corrected chi connectivity index (χ1v) is 14.8. The third-order valence-corrected chi connectivity index (χ3v) is 9.68. The van der Waals surface area contributed by atoms with Crippen molar-refractivity contribution in [2.75, 3.05) is 16.8 Å². The number of fused-ring (bicyclic) bond motifs is 1.